The maximum atomic E-state index is 6.84. The van der Waals surface area contributed by atoms with Gasteiger partial charge in [-0.1, -0.05) is 50.3 Å². The Bertz CT molecular complexity index is 805. The summed E-state index contributed by atoms with van der Waals surface area (Å²) in [6.07, 6.45) is 14.5. The van der Waals surface area contributed by atoms with E-state index in [2.05, 4.69) is 65.6 Å². The van der Waals surface area contributed by atoms with Crippen molar-refractivity contribution in [3.8, 4) is 11.5 Å². The molecule has 0 spiro atoms. The van der Waals surface area contributed by atoms with Crippen LogP contribution < -0.4 is 9.16 Å². The Morgan fingerprint density at radius 3 is 2.65 bits per heavy atom. The van der Waals surface area contributed by atoms with Crippen molar-refractivity contribution in [2.75, 3.05) is 0 Å². The second kappa shape index (κ2) is 9.98. The van der Waals surface area contributed by atoms with Gasteiger partial charge in [0.1, 0.15) is 17.1 Å². The van der Waals surface area contributed by atoms with E-state index in [1.165, 1.54) is 61.6 Å². The summed E-state index contributed by atoms with van der Waals surface area (Å²) in [5, 5.41) is 0. The van der Waals surface area contributed by atoms with Gasteiger partial charge in [0.05, 0.1) is 0 Å². The molecule has 0 fully saturated rings. The fourth-order valence-corrected chi connectivity index (χ4v) is 6.95. The highest BCUT2D eigenvalue weighted by Gasteiger charge is 2.45. The number of fused-ring (bicyclic) bond motifs is 3. The Kier molecular flexibility index (Phi) is 7.78. The van der Waals surface area contributed by atoms with Crippen LogP contribution in [0.3, 0.4) is 0 Å². The fourth-order valence-electron chi connectivity index (χ4n) is 5.41. The number of aryl methyl sites for hydroxylation is 1. The van der Waals surface area contributed by atoms with Crippen LogP contribution in [0.5, 0.6) is 11.5 Å². The first-order chi connectivity index (χ1) is 14.7. The van der Waals surface area contributed by atoms with Gasteiger partial charge in [-0.2, -0.15) is 0 Å². The first-order valence-electron chi connectivity index (χ1n) is 12.5. The summed E-state index contributed by atoms with van der Waals surface area (Å²) in [5.74, 6) is 3.02. The summed E-state index contributed by atoms with van der Waals surface area (Å²) >= 11 is 0. The van der Waals surface area contributed by atoms with Crippen molar-refractivity contribution in [2.24, 2.45) is 5.92 Å². The molecule has 3 heteroatoms. The second-order valence-corrected chi connectivity index (χ2v) is 15.0. The monoisotopic (exact) mass is 440 g/mol. The Hall–Kier alpha value is -1.48. The molecule has 2 nitrogen and oxygen atoms in total. The minimum absolute atomic E-state index is 0.153. The van der Waals surface area contributed by atoms with E-state index in [-0.39, 0.29) is 5.60 Å². The van der Waals surface area contributed by atoms with E-state index < -0.39 is 8.32 Å². The molecule has 0 saturated heterocycles. The van der Waals surface area contributed by atoms with Crippen LogP contribution in [0, 0.1) is 5.92 Å². The Balaban J connectivity index is 1.99. The molecule has 1 heterocycles. The van der Waals surface area contributed by atoms with Crippen molar-refractivity contribution in [1.82, 2.24) is 0 Å². The number of ether oxygens (including phenoxy) is 1. The lowest BCUT2D eigenvalue weighted by molar-refractivity contribution is 0.0110. The molecule has 0 N–H and O–H groups in total. The highest BCUT2D eigenvalue weighted by molar-refractivity contribution is 6.72. The molecular formula is C28H44O2Si. The molecule has 0 radical (unpaired) electrons. The topological polar surface area (TPSA) is 18.5 Å². The maximum Gasteiger partial charge on any atom is 0.248 e. The molecule has 31 heavy (non-hydrogen) atoms. The summed E-state index contributed by atoms with van der Waals surface area (Å²) in [6.45, 7) is 17.7. The van der Waals surface area contributed by atoms with Crippen LogP contribution in [0.25, 0.3) is 0 Å². The minimum Gasteiger partial charge on any atom is -0.543 e. The lowest BCUT2D eigenvalue weighted by Gasteiger charge is -2.47. The van der Waals surface area contributed by atoms with Gasteiger partial charge < -0.3 is 9.16 Å². The molecule has 0 amide bonds. The van der Waals surface area contributed by atoms with Crippen LogP contribution in [-0.4, -0.2) is 13.9 Å². The van der Waals surface area contributed by atoms with Gasteiger partial charge in [0.25, 0.3) is 0 Å². The zero-order valence-corrected chi connectivity index (χ0v) is 21.9. The van der Waals surface area contributed by atoms with Gasteiger partial charge in [-0.3, -0.25) is 0 Å². The van der Waals surface area contributed by atoms with E-state index in [0.717, 1.165) is 24.0 Å². The average Bonchev–Trinajstić information content (AvgIpc) is 2.66. The molecular weight excluding hydrogens is 396 g/mol. The fraction of sp³-hybridized carbons (Fsp3) is 0.643. The smallest absolute Gasteiger partial charge is 0.248 e. The largest absolute Gasteiger partial charge is 0.543 e. The zero-order valence-electron chi connectivity index (χ0n) is 20.9. The molecule has 1 aromatic rings. The van der Waals surface area contributed by atoms with Crippen molar-refractivity contribution in [2.45, 2.75) is 110 Å². The lowest BCUT2D eigenvalue weighted by Crippen LogP contribution is -2.45. The van der Waals surface area contributed by atoms with Gasteiger partial charge >= 0.3 is 0 Å². The predicted octanol–water partition coefficient (Wildman–Crippen LogP) is 8.58. The second-order valence-electron chi connectivity index (χ2n) is 10.9. The molecule has 0 saturated carbocycles. The van der Waals surface area contributed by atoms with Crippen LogP contribution in [0.2, 0.25) is 19.1 Å². The van der Waals surface area contributed by atoms with Gasteiger partial charge in [-0.25, -0.2) is 0 Å². The number of rotatable bonds is 10. The number of benzene rings is 1. The molecule has 1 aromatic carbocycles. The molecule has 2 aliphatic rings. The normalized spacial score (nSPS) is 22.1. The lowest BCUT2D eigenvalue weighted by atomic mass is 9.68. The van der Waals surface area contributed by atoms with Crippen LogP contribution in [0.4, 0.5) is 0 Å². The Morgan fingerprint density at radius 2 is 1.94 bits per heavy atom. The molecule has 2 unspecified atom stereocenters. The van der Waals surface area contributed by atoms with Crippen molar-refractivity contribution in [3.63, 3.8) is 0 Å². The van der Waals surface area contributed by atoms with Gasteiger partial charge in [0.2, 0.25) is 8.32 Å². The molecule has 0 aromatic heterocycles. The molecule has 2 atom stereocenters. The summed E-state index contributed by atoms with van der Waals surface area (Å²) in [7, 11) is -1.88. The van der Waals surface area contributed by atoms with Crippen molar-refractivity contribution in [1.29, 1.82) is 0 Å². The third-order valence-electron chi connectivity index (χ3n) is 7.10. The van der Waals surface area contributed by atoms with Gasteiger partial charge in [-0.15, -0.1) is 6.58 Å². The molecule has 1 aliphatic carbocycles. The van der Waals surface area contributed by atoms with Crippen molar-refractivity contribution < 1.29 is 9.16 Å². The van der Waals surface area contributed by atoms with Crippen LogP contribution in [0.15, 0.2) is 36.4 Å². The van der Waals surface area contributed by atoms with E-state index >= 15 is 0 Å². The third-order valence-corrected chi connectivity index (χ3v) is 9.15. The van der Waals surface area contributed by atoms with Gasteiger partial charge in [0, 0.05) is 17.4 Å². The first kappa shape index (κ1) is 24.2. The molecule has 1 aliphatic heterocycles. The van der Waals surface area contributed by atoms with Crippen LogP contribution in [0.1, 0.15) is 89.7 Å². The molecule has 172 valence electrons. The quantitative estimate of drug-likeness (QED) is 0.206. The summed E-state index contributed by atoms with van der Waals surface area (Å²) < 4.78 is 13.5. The predicted molar refractivity (Wildman–Crippen MR) is 136 cm³/mol. The maximum absolute atomic E-state index is 6.84. The highest BCUT2D eigenvalue weighted by Crippen LogP contribution is 2.54. The van der Waals surface area contributed by atoms with Crippen molar-refractivity contribution in [3.05, 3.63) is 47.6 Å². The molecule has 0 bridgehead atoms. The Morgan fingerprint density at radius 1 is 1.19 bits per heavy atom. The van der Waals surface area contributed by atoms with Gasteiger partial charge in [0.15, 0.2) is 0 Å². The van der Waals surface area contributed by atoms with E-state index in [0.29, 0.717) is 11.8 Å². The Labute approximate surface area is 192 Å². The van der Waals surface area contributed by atoms with E-state index in [4.69, 9.17) is 9.16 Å². The number of allylic oxidation sites excluding steroid dienone is 3. The van der Waals surface area contributed by atoms with Crippen LogP contribution >= 0.6 is 0 Å². The number of hydrogen-bond donors (Lipinski definition) is 0. The van der Waals surface area contributed by atoms with Gasteiger partial charge in [-0.05, 0) is 83.3 Å². The van der Waals surface area contributed by atoms with Crippen molar-refractivity contribution >= 4 is 8.32 Å². The summed E-state index contributed by atoms with van der Waals surface area (Å²) in [6, 6.07) is 5.62. The highest BCUT2D eigenvalue weighted by atomic mass is 28.4. The minimum atomic E-state index is -1.88. The van der Waals surface area contributed by atoms with Crippen LogP contribution in [-0.2, 0) is 6.42 Å². The van der Waals surface area contributed by atoms with E-state index in [1.54, 1.807) is 0 Å². The average molecular weight is 441 g/mol. The third kappa shape index (κ3) is 5.86. The standard InChI is InChI=1S/C28H44O2Si/c1-8-10-11-12-13-14-22-19-25-27(26(20-22)30-31(6,7)17-9-2)23-18-21(3)15-16-24(23)28(4,5)29-25/h9,18-20,23-24H,2,8,10-17H2,1,3-7H3. The summed E-state index contributed by atoms with van der Waals surface area (Å²) in [4.78, 5) is 0. The first-order valence-corrected chi connectivity index (χ1v) is 15.6. The van der Waals surface area contributed by atoms with E-state index in [9.17, 15) is 0 Å². The SMILES string of the molecule is C=CC[Si](C)(C)Oc1cc(CCCCCCC)cc2c1C1C=C(C)CCC1C(C)(C)O2. The van der Waals surface area contributed by atoms with E-state index in [1.807, 2.05) is 6.08 Å². The molecule has 3 rings (SSSR count). The zero-order chi connectivity index (χ0) is 22.6. The number of unbranched alkanes of at least 4 members (excludes halogenated alkanes) is 4. The summed E-state index contributed by atoms with van der Waals surface area (Å²) in [5.41, 5.74) is 4.00. The number of hydrogen-bond acceptors (Lipinski definition) is 2.